The number of carbonyl (C=O) groups is 1. The van der Waals surface area contributed by atoms with Gasteiger partial charge in [0.05, 0.1) is 19.6 Å². The Kier molecular flexibility index (Phi) is 7.11. The van der Waals surface area contributed by atoms with Crippen LogP contribution in [0.5, 0.6) is 23.0 Å². The molecule has 5 nitrogen and oxygen atoms in total. The lowest BCUT2D eigenvalue weighted by Gasteiger charge is -2.12. The Labute approximate surface area is 171 Å². The quantitative estimate of drug-likeness (QED) is 0.516. The molecule has 150 valence electrons. The molecule has 0 aliphatic carbocycles. The van der Waals surface area contributed by atoms with Crippen molar-refractivity contribution in [3.05, 3.63) is 78.4 Å². The van der Waals surface area contributed by atoms with E-state index in [4.69, 9.17) is 14.2 Å². The van der Waals surface area contributed by atoms with E-state index in [2.05, 4.69) is 5.32 Å². The van der Waals surface area contributed by atoms with Gasteiger partial charge in [-0.05, 0) is 62.4 Å². The largest absolute Gasteiger partial charge is 0.490 e. The molecule has 3 rings (SSSR count). The van der Waals surface area contributed by atoms with E-state index in [0.717, 1.165) is 5.75 Å². The molecule has 0 saturated carbocycles. The highest BCUT2D eigenvalue weighted by molar-refractivity contribution is 5.90. The topological polar surface area (TPSA) is 56.8 Å². The zero-order valence-electron chi connectivity index (χ0n) is 16.7. The number of benzene rings is 3. The summed E-state index contributed by atoms with van der Waals surface area (Å²) in [7, 11) is 0. The van der Waals surface area contributed by atoms with Crippen LogP contribution in [-0.4, -0.2) is 19.1 Å². The number of ether oxygens (including phenoxy) is 3. The van der Waals surface area contributed by atoms with Crippen LogP contribution in [0.2, 0.25) is 0 Å². The van der Waals surface area contributed by atoms with E-state index in [1.54, 1.807) is 0 Å². The first-order valence-electron chi connectivity index (χ1n) is 9.63. The van der Waals surface area contributed by atoms with Crippen LogP contribution in [0.1, 0.15) is 18.9 Å². The summed E-state index contributed by atoms with van der Waals surface area (Å²) in [6.07, 6.45) is 0.238. The number of hydrogen-bond acceptors (Lipinski definition) is 4. The fraction of sp³-hybridized carbons (Fsp3) is 0.208. The van der Waals surface area contributed by atoms with Gasteiger partial charge in [0, 0.05) is 5.69 Å². The second-order valence-electron chi connectivity index (χ2n) is 6.47. The Morgan fingerprint density at radius 1 is 0.828 bits per heavy atom. The Bertz CT molecular complexity index is 920. The molecule has 5 heteroatoms. The maximum Gasteiger partial charge on any atom is 0.227 e. The first-order valence-corrected chi connectivity index (χ1v) is 9.63. The lowest BCUT2D eigenvalue weighted by molar-refractivity contribution is -0.116. The lowest BCUT2D eigenvalue weighted by atomic mass is 10.2. The van der Waals surface area contributed by atoms with Crippen molar-refractivity contribution in [2.75, 3.05) is 18.5 Å². The van der Waals surface area contributed by atoms with Gasteiger partial charge >= 0.3 is 0 Å². The van der Waals surface area contributed by atoms with Gasteiger partial charge in [0.2, 0.25) is 5.91 Å². The van der Waals surface area contributed by atoms with Crippen molar-refractivity contribution >= 4 is 11.6 Å². The standard InChI is InChI=1S/C24H25NO4/c1-3-27-22-6-4-5-7-23(22)28-17-16-24(26)25-19-10-14-21(15-11-19)29-20-12-8-18(2)9-13-20/h4-15H,3,16-17H2,1-2H3,(H,25,26). The van der Waals surface area contributed by atoms with E-state index in [1.807, 2.05) is 86.6 Å². The fourth-order valence-electron chi connectivity index (χ4n) is 2.67. The smallest absolute Gasteiger partial charge is 0.227 e. The van der Waals surface area contributed by atoms with Gasteiger partial charge in [0.1, 0.15) is 11.5 Å². The van der Waals surface area contributed by atoms with Gasteiger partial charge in [-0.2, -0.15) is 0 Å². The van der Waals surface area contributed by atoms with Crippen LogP contribution in [-0.2, 0) is 4.79 Å². The normalized spacial score (nSPS) is 10.3. The van der Waals surface area contributed by atoms with Crippen LogP contribution in [0.4, 0.5) is 5.69 Å². The third-order valence-electron chi connectivity index (χ3n) is 4.13. The molecule has 29 heavy (non-hydrogen) atoms. The van der Waals surface area contributed by atoms with Crippen LogP contribution in [0.25, 0.3) is 0 Å². The van der Waals surface area contributed by atoms with Crippen molar-refractivity contribution < 1.29 is 19.0 Å². The van der Waals surface area contributed by atoms with Crippen molar-refractivity contribution in [1.29, 1.82) is 0 Å². The second-order valence-corrected chi connectivity index (χ2v) is 6.47. The van der Waals surface area contributed by atoms with E-state index in [1.165, 1.54) is 5.56 Å². The van der Waals surface area contributed by atoms with E-state index < -0.39 is 0 Å². The number of rotatable bonds is 9. The molecule has 0 radical (unpaired) electrons. The van der Waals surface area contributed by atoms with Crippen LogP contribution in [0.15, 0.2) is 72.8 Å². The minimum absolute atomic E-state index is 0.119. The Morgan fingerprint density at radius 3 is 2.03 bits per heavy atom. The van der Waals surface area contributed by atoms with Gasteiger partial charge in [-0.25, -0.2) is 0 Å². The lowest BCUT2D eigenvalue weighted by Crippen LogP contribution is -2.15. The maximum absolute atomic E-state index is 12.2. The molecule has 3 aromatic rings. The van der Waals surface area contributed by atoms with Crippen molar-refractivity contribution in [2.24, 2.45) is 0 Å². The highest BCUT2D eigenvalue weighted by Gasteiger charge is 2.07. The van der Waals surface area contributed by atoms with E-state index in [-0.39, 0.29) is 18.9 Å². The second kappa shape index (κ2) is 10.2. The van der Waals surface area contributed by atoms with E-state index in [0.29, 0.717) is 29.5 Å². The summed E-state index contributed by atoms with van der Waals surface area (Å²) in [6.45, 7) is 4.78. The third kappa shape index (κ3) is 6.28. The first kappa shape index (κ1) is 20.3. The van der Waals surface area contributed by atoms with Gasteiger partial charge < -0.3 is 19.5 Å². The van der Waals surface area contributed by atoms with Crippen molar-refractivity contribution in [2.45, 2.75) is 20.3 Å². The number of para-hydroxylation sites is 2. The zero-order valence-corrected chi connectivity index (χ0v) is 16.7. The summed E-state index contributed by atoms with van der Waals surface area (Å²) in [5.41, 5.74) is 1.89. The number of aryl methyl sites for hydroxylation is 1. The average Bonchev–Trinajstić information content (AvgIpc) is 2.73. The number of amides is 1. The number of hydrogen-bond donors (Lipinski definition) is 1. The minimum Gasteiger partial charge on any atom is -0.490 e. The molecule has 0 aliphatic rings. The molecule has 0 heterocycles. The SMILES string of the molecule is CCOc1ccccc1OCCC(=O)Nc1ccc(Oc2ccc(C)cc2)cc1. The van der Waals surface area contributed by atoms with Crippen LogP contribution in [0, 0.1) is 6.92 Å². The summed E-state index contributed by atoms with van der Waals surface area (Å²) in [4.78, 5) is 12.2. The fourth-order valence-corrected chi connectivity index (χ4v) is 2.67. The number of carbonyl (C=O) groups excluding carboxylic acids is 1. The summed E-state index contributed by atoms with van der Waals surface area (Å²) in [5.74, 6) is 2.69. The van der Waals surface area contributed by atoms with Crippen molar-refractivity contribution in [3.63, 3.8) is 0 Å². The number of anilines is 1. The van der Waals surface area contributed by atoms with Crippen molar-refractivity contribution in [3.8, 4) is 23.0 Å². The molecule has 0 aromatic heterocycles. The monoisotopic (exact) mass is 391 g/mol. The molecule has 1 amide bonds. The van der Waals surface area contributed by atoms with Gasteiger partial charge in [-0.15, -0.1) is 0 Å². The van der Waals surface area contributed by atoms with Gasteiger partial charge in [-0.3, -0.25) is 4.79 Å². The summed E-state index contributed by atoms with van der Waals surface area (Å²) in [5, 5.41) is 2.86. The molecule has 0 spiro atoms. The third-order valence-corrected chi connectivity index (χ3v) is 4.13. The molecule has 3 aromatic carbocycles. The summed E-state index contributed by atoms with van der Waals surface area (Å²) in [6, 6.07) is 22.6. The highest BCUT2D eigenvalue weighted by Crippen LogP contribution is 2.26. The van der Waals surface area contributed by atoms with E-state index in [9.17, 15) is 4.79 Å². The maximum atomic E-state index is 12.2. The molecule has 0 aliphatic heterocycles. The van der Waals surface area contributed by atoms with Gasteiger partial charge in [0.25, 0.3) is 0 Å². The average molecular weight is 391 g/mol. The molecule has 0 saturated heterocycles. The van der Waals surface area contributed by atoms with Crippen LogP contribution >= 0.6 is 0 Å². The Morgan fingerprint density at radius 2 is 1.41 bits per heavy atom. The Balaban J connectivity index is 1.46. The van der Waals surface area contributed by atoms with Gasteiger partial charge in [0.15, 0.2) is 11.5 Å². The molecular formula is C24H25NO4. The van der Waals surface area contributed by atoms with Crippen molar-refractivity contribution in [1.82, 2.24) is 0 Å². The molecule has 0 unspecified atom stereocenters. The molecule has 0 fully saturated rings. The molecule has 0 atom stereocenters. The predicted molar refractivity (Wildman–Crippen MR) is 114 cm³/mol. The molecule has 0 bridgehead atoms. The molecule has 1 N–H and O–H groups in total. The van der Waals surface area contributed by atoms with E-state index >= 15 is 0 Å². The minimum atomic E-state index is -0.119. The van der Waals surface area contributed by atoms with Gasteiger partial charge in [-0.1, -0.05) is 29.8 Å². The molecular weight excluding hydrogens is 366 g/mol. The number of nitrogens with one attached hydrogen (secondary N) is 1. The Hall–Kier alpha value is -3.47. The van der Waals surface area contributed by atoms with Crippen LogP contribution in [0.3, 0.4) is 0 Å². The predicted octanol–water partition coefficient (Wildman–Crippen LogP) is 5.59. The summed E-state index contributed by atoms with van der Waals surface area (Å²) >= 11 is 0. The van der Waals surface area contributed by atoms with Crippen LogP contribution < -0.4 is 19.5 Å². The first-order chi connectivity index (χ1) is 14.1. The highest BCUT2D eigenvalue weighted by atomic mass is 16.5. The summed E-state index contributed by atoms with van der Waals surface area (Å²) < 4.78 is 17.0. The zero-order chi connectivity index (χ0) is 20.5.